The zero-order chi connectivity index (χ0) is 47.0. The summed E-state index contributed by atoms with van der Waals surface area (Å²) in [5, 5.41) is 4.56. The zero-order valence-electron chi connectivity index (χ0n) is 39.0. The fraction of sp³-hybridized carbons (Fsp3) is 0.0323. The Kier molecular flexibility index (Phi) is 9.56. The first-order valence-electron chi connectivity index (χ1n) is 24.0. The van der Waals surface area contributed by atoms with Crippen LogP contribution < -0.4 is 45.5 Å². The number of fused-ring (bicyclic) bond motifs is 10. The minimum Gasteiger partial charge on any atom is -0.510 e. The SMILES string of the molecule is C[Si]1(C)c2ccc(Oc3[c-]c(-n4c5cc6c7c(c5c5cccnc54)Oc4ccccc4B7c4ccccc4O6)ccc3)[c-]c2-n2[c-][n+](-c3c(-c4ccccc4)cccc3-c3ccccc3)c3cccc1c32.[Pt]. The molecule has 12 aromatic rings. The molecule has 0 bridgehead atoms. The molecule has 72 heavy (non-hydrogen) atoms. The van der Waals surface area contributed by atoms with Crippen LogP contribution in [0.5, 0.6) is 34.5 Å². The van der Waals surface area contributed by atoms with Crippen molar-refractivity contribution in [1.29, 1.82) is 0 Å². The van der Waals surface area contributed by atoms with Crippen molar-refractivity contribution in [2.75, 3.05) is 0 Å². The van der Waals surface area contributed by atoms with Gasteiger partial charge in [-0.1, -0.05) is 157 Å². The van der Waals surface area contributed by atoms with Crippen molar-refractivity contribution in [1.82, 2.24) is 14.1 Å². The van der Waals surface area contributed by atoms with Crippen LogP contribution in [0.25, 0.3) is 72.3 Å². The Hall–Kier alpha value is -8.23. The second-order valence-corrected chi connectivity index (χ2v) is 23.4. The molecular weight excluding hydrogens is 1080 g/mol. The minimum atomic E-state index is -2.25. The number of rotatable bonds is 6. The quantitative estimate of drug-likeness (QED) is 0.0946. The molecule has 0 spiro atoms. The Morgan fingerprint density at radius 1 is 0.611 bits per heavy atom. The van der Waals surface area contributed by atoms with Gasteiger partial charge in [0.25, 0.3) is 13.0 Å². The van der Waals surface area contributed by atoms with E-state index >= 15 is 0 Å². The van der Waals surface area contributed by atoms with E-state index in [0.717, 1.165) is 112 Å². The second kappa shape index (κ2) is 16.2. The van der Waals surface area contributed by atoms with Crippen LogP contribution in [0, 0.1) is 18.5 Å². The number of para-hydroxylation sites is 4. The van der Waals surface area contributed by atoms with E-state index in [9.17, 15) is 0 Å². The number of imidazole rings is 1. The molecule has 0 atom stereocenters. The van der Waals surface area contributed by atoms with E-state index in [1.165, 1.54) is 10.4 Å². The van der Waals surface area contributed by atoms with Crippen LogP contribution in [0.3, 0.4) is 0 Å². The molecule has 3 aliphatic rings. The van der Waals surface area contributed by atoms with Crippen LogP contribution in [0.2, 0.25) is 13.1 Å². The topological polar surface area (TPSA) is 54.3 Å². The molecule has 3 aliphatic heterocycles. The van der Waals surface area contributed by atoms with Gasteiger partial charge in [-0.05, 0) is 63.1 Å². The van der Waals surface area contributed by atoms with Gasteiger partial charge in [-0.2, -0.15) is 12.1 Å². The molecule has 6 heterocycles. The van der Waals surface area contributed by atoms with Gasteiger partial charge in [-0.25, -0.2) is 4.98 Å². The molecule has 0 radical (unpaired) electrons. The summed E-state index contributed by atoms with van der Waals surface area (Å²) in [6, 6.07) is 75.2. The van der Waals surface area contributed by atoms with E-state index in [2.05, 4.69) is 197 Å². The van der Waals surface area contributed by atoms with E-state index < -0.39 is 8.07 Å². The van der Waals surface area contributed by atoms with Crippen molar-refractivity contribution in [2.24, 2.45) is 0 Å². The van der Waals surface area contributed by atoms with Crippen LogP contribution in [-0.4, -0.2) is 28.9 Å². The van der Waals surface area contributed by atoms with Crippen molar-refractivity contribution >= 4 is 74.5 Å². The summed E-state index contributed by atoms with van der Waals surface area (Å²) in [4.78, 5) is 4.99. The number of nitrogens with zero attached hydrogens (tertiary/aromatic N) is 4. The maximum Gasteiger partial charge on any atom is 0.268 e. The van der Waals surface area contributed by atoms with Gasteiger partial charge >= 0.3 is 0 Å². The monoisotopic (exact) mass is 1120 g/mol. The Bertz CT molecular complexity index is 4140. The maximum absolute atomic E-state index is 6.93. The largest absolute Gasteiger partial charge is 0.510 e. The van der Waals surface area contributed by atoms with Gasteiger partial charge in [0.2, 0.25) is 0 Å². The van der Waals surface area contributed by atoms with Crippen molar-refractivity contribution < 1.29 is 39.8 Å². The summed E-state index contributed by atoms with van der Waals surface area (Å²) >= 11 is 0. The van der Waals surface area contributed by atoms with Gasteiger partial charge in [0.05, 0.1) is 27.6 Å². The average molecular weight is 1120 g/mol. The third kappa shape index (κ3) is 6.20. The van der Waals surface area contributed by atoms with Crippen LogP contribution in [0.4, 0.5) is 0 Å². The first kappa shape index (κ1) is 42.6. The third-order valence-electron chi connectivity index (χ3n) is 14.7. The number of benzene rings is 9. The van der Waals surface area contributed by atoms with Gasteiger partial charge in [-0.15, -0.1) is 35.5 Å². The third-order valence-corrected chi connectivity index (χ3v) is 18.2. The van der Waals surface area contributed by atoms with Crippen LogP contribution in [0.1, 0.15) is 0 Å². The zero-order valence-corrected chi connectivity index (χ0v) is 42.2. The number of hydrogen-bond acceptors (Lipinski definition) is 4. The molecule has 0 N–H and O–H groups in total. The van der Waals surface area contributed by atoms with Crippen molar-refractivity contribution in [3.63, 3.8) is 0 Å². The molecule has 10 heteroatoms. The maximum atomic E-state index is 6.93. The molecule has 0 amide bonds. The van der Waals surface area contributed by atoms with E-state index in [1.807, 2.05) is 48.7 Å². The predicted octanol–water partition coefficient (Wildman–Crippen LogP) is 10.8. The summed E-state index contributed by atoms with van der Waals surface area (Å²) in [6.45, 7) is 4.81. The molecule has 0 unspecified atom stereocenters. The van der Waals surface area contributed by atoms with Gasteiger partial charge in [0.1, 0.15) is 28.6 Å². The summed E-state index contributed by atoms with van der Waals surface area (Å²) < 4.78 is 27.1. The second-order valence-electron chi connectivity index (χ2n) is 19.0. The van der Waals surface area contributed by atoms with Crippen molar-refractivity contribution in [2.45, 2.75) is 13.1 Å². The molecule has 0 saturated carbocycles. The molecule has 7 nitrogen and oxygen atoms in total. The molecule has 3 aromatic heterocycles. The Morgan fingerprint density at radius 2 is 1.28 bits per heavy atom. The average Bonchev–Trinajstić information content (AvgIpc) is 3.97. The molecule has 15 rings (SSSR count). The standard InChI is InChI=1S/C62H39BN4O3Si.Pt/c1-71(2)55-33-32-43(36-50(55)66-38-65(49-28-15-31-56(71)60(49)66)59-44(39-17-5-3-6-18-39)23-14-24-45(59)40-19-7-4-8-20-40)68-42-22-13-21-41(35-42)67-51-37-54-58-61(57(51)46-25-16-34-64-62(46)67)70-53-30-12-10-27-48(53)63(58)47-26-9-11-29-52(47)69-54;/h3-34,37H,1-2H3;/q-2;. The number of ether oxygens (including phenoxy) is 3. The summed E-state index contributed by atoms with van der Waals surface area (Å²) in [5.74, 6) is 4.36. The van der Waals surface area contributed by atoms with Gasteiger partial charge in [-0.3, -0.25) is 4.57 Å². The molecular formula is C62H39BN4O3PtSi-2. The van der Waals surface area contributed by atoms with E-state index in [-0.39, 0.29) is 27.8 Å². The van der Waals surface area contributed by atoms with Crippen molar-refractivity contribution in [3.8, 4) is 73.8 Å². The van der Waals surface area contributed by atoms with Gasteiger partial charge in [0, 0.05) is 63.8 Å². The molecule has 0 fully saturated rings. The van der Waals surface area contributed by atoms with E-state index in [0.29, 0.717) is 11.5 Å². The summed E-state index contributed by atoms with van der Waals surface area (Å²) in [5.41, 5.74) is 14.5. The first-order chi connectivity index (χ1) is 35.0. The number of pyridine rings is 1. The summed E-state index contributed by atoms with van der Waals surface area (Å²) in [7, 11) is -2.25. The fourth-order valence-corrected chi connectivity index (χ4v) is 14.5. The first-order valence-corrected chi connectivity index (χ1v) is 27.0. The normalized spacial score (nSPS) is 13.3. The Morgan fingerprint density at radius 3 is 2.03 bits per heavy atom. The molecule has 344 valence electrons. The van der Waals surface area contributed by atoms with Crippen LogP contribution in [0.15, 0.2) is 200 Å². The smallest absolute Gasteiger partial charge is 0.268 e. The van der Waals surface area contributed by atoms with Gasteiger partial charge in [0.15, 0.2) is 0 Å². The summed E-state index contributed by atoms with van der Waals surface area (Å²) in [6.07, 6.45) is 5.73. The number of aromatic nitrogens is 4. The molecule has 9 aromatic carbocycles. The van der Waals surface area contributed by atoms with Crippen LogP contribution in [-0.2, 0) is 21.1 Å². The van der Waals surface area contributed by atoms with Crippen molar-refractivity contribution in [3.05, 3.63) is 219 Å². The van der Waals surface area contributed by atoms with Crippen LogP contribution >= 0.6 is 0 Å². The fourth-order valence-electron chi connectivity index (χ4n) is 11.6. The Balaban J connectivity index is 0.00000482. The molecule has 0 saturated heterocycles. The van der Waals surface area contributed by atoms with E-state index in [1.54, 1.807) is 0 Å². The molecule has 0 aliphatic carbocycles. The Labute approximate surface area is 431 Å². The van der Waals surface area contributed by atoms with Gasteiger partial charge < -0.3 is 23.3 Å². The minimum absolute atomic E-state index is 0. The number of hydrogen-bond donors (Lipinski definition) is 0. The predicted molar refractivity (Wildman–Crippen MR) is 285 cm³/mol. The van der Waals surface area contributed by atoms with E-state index in [4.69, 9.17) is 19.2 Å².